The van der Waals surface area contributed by atoms with Gasteiger partial charge in [0.25, 0.3) is 0 Å². The number of nitrogens with zero attached hydrogens (tertiary/aromatic N) is 2. The summed E-state index contributed by atoms with van der Waals surface area (Å²) in [4.78, 5) is 8.06. The van der Waals surface area contributed by atoms with Crippen molar-refractivity contribution in [1.82, 2.24) is 9.97 Å². The average Bonchev–Trinajstić information content (AvgIpc) is 2.20. The fourth-order valence-corrected chi connectivity index (χ4v) is 1.02. The van der Waals surface area contributed by atoms with E-state index in [1.807, 2.05) is 0 Å². The highest BCUT2D eigenvalue weighted by Crippen LogP contribution is 2.16. The molecule has 0 fully saturated rings. The first-order chi connectivity index (χ1) is 6.36. The van der Waals surface area contributed by atoms with Gasteiger partial charge in [-0.2, -0.15) is 0 Å². The van der Waals surface area contributed by atoms with Crippen LogP contribution in [0.5, 0.6) is 5.75 Å². The molecule has 0 aliphatic heterocycles. The van der Waals surface area contributed by atoms with E-state index in [0.717, 1.165) is 5.56 Å². The molecule has 0 bridgehead atoms. The van der Waals surface area contributed by atoms with Crippen LogP contribution in [0.2, 0.25) is 0 Å². The molecule has 0 spiro atoms. The molecule has 0 saturated heterocycles. The summed E-state index contributed by atoms with van der Waals surface area (Å²) in [6.07, 6.45) is 3.13. The maximum Gasteiger partial charge on any atom is 0.159 e. The third kappa shape index (κ3) is 1.64. The largest absolute Gasteiger partial charge is 0.508 e. The predicted octanol–water partition coefficient (Wildman–Crippen LogP) is 1.65. The zero-order chi connectivity index (χ0) is 9.10. The number of hydrogen-bond acceptors (Lipinski definition) is 3. The van der Waals surface area contributed by atoms with E-state index in [0.29, 0.717) is 5.82 Å². The third-order valence-corrected chi connectivity index (χ3v) is 1.65. The van der Waals surface area contributed by atoms with Crippen LogP contribution in [-0.4, -0.2) is 15.1 Å². The van der Waals surface area contributed by atoms with Gasteiger partial charge in [0.15, 0.2) is 5.82 Å². The molecule has 3 heteroatoms. The van der Waals surface area contributed by atoms with E-state index in [1.165, 1.54) is 0 Å². The number of benzene rings is 1. The molecule has 0 aliphatic rings. The number of phenolic OH excluding ortho intramolecular Hbond substituents is 1. The van der Waals surface area contributed by atoms with Crippen LogP contribution in [0, 0.1) is 6.07 Å². The zero-order valence-corrected chi connectivity index (χ0v) is 6.81. The topological polar surface area (TPSA) is 46.0 Å². The Labute approximate surface area is 75.7 Å². The number of aromatic hydroxyl groups is 1. The number of phenols is 1. The molecule has 0 unspecified atom stereocenters. The molecule has 1 N–H and O–H groups in total. The van der Waals surface area contributed by atoms with Gasteiger partial charge in [-0.25, -0.2) is 9.97 Å². The highest BCUT2D eigenvalue weighted by atomic mass is 16.3. The van der Waals surface area contributed by atoms with Crippen molar-refractivity contribution in [3.63, 3.8) is 0 Å². The Morgan fingerprint density at radius 3 is 2.23 bits per heavy atom. The number of aromatic nitrogens is 2. The van der Waals surface area contributed by atoms with Crippen molar-refractivity contribution < 1.29 is 5.11 Å². The lowest BCUT2D eigenvalue weighted by Gasteiger charge is -1.97. The van der Waals surface area contributed by atoms with Gasteiger partial charge in [0, 0.05) is 24.0 Å². The highest BCUT2D eigenvalue weighted by molar-refractivity contribution is 5.55. The molecular weight excluding hydrogens is 164 g/mol. The van der Waals surface area contributed by atoms with E-state index in [4.69, 9.17) is 5.11 Å². The molecule has 0 amide bonds. The molecule has 1 heterocycles. The molecule has 1 aromatic carbocycles. The normalized spacial score (nSPS) is 9.85. The second kappa shape index (κ2) is 3.23. The molecule has 2 rings (SSSR count). The van der Waals surface area contributed by atoms with Gasteiger partial charge in [0.2, 0.25) is 0 Å². The Bertz CT molecular complexity index is 383. The molecule has 0 aliphatic carbocycles. The minimum Gasteiger partial charge on any atom is -0.508 e. The van der Waals surface area contributed by atoms with E-state index in [1.54, 1.807) is 36.7 Å². The van der Waals surface area contributed by atoms with E-state index >= 15 is 0 Å². The lowest BCUT2D eigenvalue weighted by molar-refractivity contribution is 0.475. The maximum atomic E-state index is 9.06. The fraction of sp³-hybridized carbons (Fsp3) is 0. The second-order valence-corrected chi connectivity index (χ2v) is 2.55. The Morgan fingerprint density at radius 2 is 1.62 bits per heavy atom. The first-order valence-corrected chi connectivity index (χ1v) is 3.84. The van der Waals surface area contributed by atoms with Gasteiger partial charge in [0.05, 0.1) is 0 Å². The Balaban J connectivity index is 2.42. The van der Waals surface area contributed by atoms with Crippen LogP contribution in [0.4, 0.5) is 0 Å². The lowest BCUT2D eigenvalue weighted by atomic mass is 10.2. The van der Waals surface area contributed by atoms with Gasteiger partial charge in [-0.05, 0) is 24.3 Å². The third-order valence-electron chi connectivity index (χ3n) is 1.65. The van der Waals surface area contributed by atoms with Crippen LogP contribution < -0.4 is 0 Å². The molecule has 3 nitrogen and oxygen atoms in total. The van der Waals surface area contributed by atoms with E-state index in [2.05, 4.69) is 16.0 Å². The van der Waals surface area contributed by atoms with E-state index in [-0.39, 0.29) is 5.75 Å². The smallest absolute Gasteiger partial charge is 0.159 e. The Hall–Kier alpha value is -1.90. The van der Waals surface area contributed by atoms with E-state index in [9.17, 15) is 0 Å². The number of rotatable bonds is 1. The van der Waals surface area contributed by atoms with Crippen LogP contribution >= 0.6 is 0 Å². The molecule has 0 atom stereocenters. The van der Waals surface area contributed by atoms with Gasteiger partial charge in [-0.15, -0.1) is 0 Å². The summed E-state index contributed by atoms with van der Waals surface area (Å²) >= 11 is 0. The van der Waals surface area contributed by atoms with Gasteiger partial charge in [-0.1, -0.05) is 0 Å². The molecule has 63 valence electrons. The molecule has 0 saturated carbocycles. The summed E-state index contributed by atoms with van der Waals surface area (Å²) in [7, 11) is 0. The fourth-order valence-electron chi connectivity index (χ4n) is 1.02. The van der Waals surface area contributed by atoms with Crippen molar-refractivity contribution in [2.75, 3.05) is 0 Å². The minimum atomic E-state index is 0.242. The van der Waals surface area contributed by atoms with Crippen molar-refractivity contribution in [1.29, 1.82) is 0 Å². The van der Waals surface area contributed by atoms with Gasteiger partial charge < -0.3 is 5.11 Å². The molecule has 13 heavy (non-hydrogen) atoms. The maximum absolute atomic E-state index is 9.06. The molecule has 2 aromatic rings. The summed E-state index contributed by atoms with van der Waals surface area (Å²) in [5.74, 6) is 0.880. The second-order valence-electron chi connectivity index (χ2n) is 2.55. The van der Waals surface area contributed by atoms with Crippen LogP contribution in [0.1, 0.15) is 0 Å². The summed E-state index contributed by atoms with van der Waals surface area (Å²) < 4.78 is 0. The van der Waals surface area contributed by atoms with Crippen LogP contribution in [0.15, 0.2) is 36.7 Å². The van der Waals surface area contributed by atoms with Crippen molar-refractivity contribution >= 4 is 0 Å². The van der Waals surface area contributed by atoms with Gasteiger partial charge in [-0.3, -0.25) is 0 Å². The van der Waals surface area contributed by atoms with Gasteiger partial charge >= 0.3 is 0 Å². The first-order valence-electron chi connectivity index (χ1n) is 3.84. The van der Waals surface area contributed by atoms with E-state index < -0.39 is 0 Å². The Morgan fingerprint density at radius 1 is 1.00 bits per heavy atom. The van der Waals surface area contributed by atoms with Crippen LogP contribution in [0.3, 0.4) is 0 Å². The summed E-state index contributed by atoms with van der Waals surface area (Å²) in [5, 5.41) is 9.06. The van der Waals surface area contributed by atoms with Crippen molar-refractivity contribution in [2.45, 2.75) is 0 Å². The minimum absolute atomic E-state index is 0.242. The van der Waals surface area contributed by atoms with Crippen molar-refractivity contribution in [2.24, 2.45) is 0 Å². The summed E-state index contributed by atoms with van der Waals surface area (Å²) in [6.45, 7) is 0. The standard InChI is InChI=1S/C10H7N2O/c13-9-4-2-8(3-5-9)10-11-6-1-7-12-10/h2-7,13H. The molecule has 1 aromatic heterocycles. The van der Waals surface area contributed by atoms with Crippen LogP contribution in [-0.2, 0) is 0 Å². The Kier molecular flexibility index (Phi) is 1.92. The predicted molar refractivity (Wildman–Crippen MR) is 48.0 cm³/mol. The quantitative estimate of drug-likeness (QED) is 0.709. The summed E-state index contributed by atoms with van der Waals surface area (Å²) in [6, 6.07) is 9.49. The van der Waals surface area contributed by atoms with Crippen molar-refractivity contribution in [3.05, 3.63) is 42.7 Å². The lowest BCUT2D eigenvalue weighted by Crippen LogP contribution is -1.85. The average molecular weight is 171 g/mol. The monoisotopic (exact) mass is 171 g/mol. The molecular formula is C10H7N2O. The molecule has 1 radical (unpaired) electrons. The van der Waals surface area contributed by atoms with Crippen LogP contribution in [0.25, 0.3) is 11.4 Å². The highest BCUT2D eigenvalue weighted by Gasteiger charge is 1.98. The first kappa shape index (κ1) is 7.73. The summed E-state index contributed by atoms with van der Waals surface area (Å²) in [5.41, 5.74) is 0.881. The zero-order valence-electron chi connectivity index (χ0n) is 6.81. The SMILES string of the molecule is Oc1ccc(-c2nc[c]cn2)cc1. The number of hydrogen-bond donors (Lipinski definition) is 1. The van der Waals surface area contributed by atoms with Gasteiger partial charge in [0.1, 0.15) is 5.75 Å². The van der Waals surface area contributed by atoms with Crippen molar-refractivity contribution in [3.8, 4) is 17.1 Å².